The van der Waals surface area contributed by atoms with E-state index >= 15 is 0 Å². The summed E-state index contributed by atoms with van der Waals surface area (Å²) >= 11 is 0. The van der Waals surface area contributed by atoms with Gasteiger partial charge in [0.25, 0.3) is 0 Å². The van der Waals surface area contributed by atoms with Gasteiger partial charge in [0.1, 0.15) is 0 Å². The Kier molecular flexibility index (Phi) is 3.59. The van der Waals surface area contributed by atoms with Crippen molar-refractivity contribution in [3.8, 4) is 0 Å². The summed E-state index contributed by atoms with van der Waals surface area (Å²) in [6.07, 6.45) is -4.56. The number of nitrogens with zero attached hydrogens (tertiary/aromatic N) is 1. The van der Waals surface area contributed by atoms with E-state index in [0.29, 0.717) is 6.42 Å². The van der Waals surface area contributed by atoms with Crippen LogP contribution in [0, 0.1) is 0 Å². The van der Waals surface area contributed by atoms with Crippen LogP contribution in [0.25, 0.3) is 0 Å². The topological polar surface area (TPSA) is 32.3 Å². The second kappa shape index (κ2) is 4.38. The Hall–Kier alpha value is -0.780. The van der Waals surface area contributed by atoms with E-state index in [9.17, 15) is 18.0 Å². The third-order valence-electron chi connectivity index (χ3n) is 2.56. The highest BCUT2D eigenvalue weighted by Gasteiger charge is 2.38. The van der Waals surface area contributed by atoms with Gasteiger partial charge < -0.3 is 4.90 Å². The van der Waals surface area contributed by atoms with E-state index < -0.39 is 18.6 Å². The molecule has 1 fully saturated rings. The first-order chi connectivity index (χ1) is 6.85. The van der Waals surface area contributed by atoms with Crippen LogP contribution in [-0.4, -0.2) is 35.7 Å². The quantitative estimate of drug-likeness (QED) is 0.787. The second-order valence-corrected chi connectivity index (χ2v) is 3.80. The van der Waals surface area contributed by atoms with Crippen LogP contribution in [-0.2, 0) is 4.79 Å². The van der Waals surface area contributed by atoms with Gasteiger partial charge in [-0.2, -0.15) is 13.2 Å². The molecule has 0 aliphatic carbocycles. The molecule has 1 heterocycles. The van der Waals surface area contributed by atoms with Crippen LogP contribution in [0.2, 0.25) is 0 Å². The predicted octanol–water partition coefficient (Wildman–Crippen LogP) is 1.50. The van der Waals surface area contributed by atoms with Crippen LogP contribution in [0.3, 0.4) is 0 Å². The minimum Gasteiger partial charge on any atom is -0.326 e. The zero-order valence-electron chi connectivity index (χ0n) is 8.77. The average Bonchev–Trinajstić information content (AvgIpc) is 2.43. The van der Waals surface area contributed by atoms with Crippen LogP contribution in [0.15, 0.2) is 0 Å². The molecule has 0 bridgehead atoms. The highest BCUT2D eigenvalue weighted by Crippen LogP contribution is 2.25. The molecule has 0 radical (unpaired) electrons. The van der Waals surface area contributed by atoms with Crippen molar-refractivity contribution < 1.29 is 18.0 Å². The van der Waals surface area contributed by atoms with E-state index in [4.69, 9.17) is 0 Å². The van der Waals surface area contributed by atoms with E-state index in [1.54, 1.807) is 0 Å². The van der Waals surface area contributed by atoms with E-state index in [-0.39, 0.29) is 18.6 Å². The first-order valence-electron chi connectivity index (χ1n) is 4.95. The summed E-state index contributed by atoms with van der Waals surface area (Å²) in [4.78, 5) is 12.8. The van der Waals surface area contributed by atoms with Gasteiger partial charge in [0, 0.05) is 6.04 Å². The summed E-state index contributed by atoms with van der Waals surface area (Å²) in [5.41, 5.74) is 0. The van der Waals surface area contributed by atoms with Gasteiger partial charge in [-0.05, 0) is 13.3 Å². The zero-order valence-corrected chi connectivity index (χ0v) is 8.77. The molecule has 2 atom stereocenters. The number of carbonyl (C=O) groups is 1. The van der Waals surface area contributed by atoms with Crippen molar-refractivity contribution in [2.75, 3.05) is 6.67 Å². The summed E-state index contributed by atoms with van der Waals surface area (Å²) in [7, 11) is 0. The van der Waals surface area contributed by atoms with Gasteiger partial charge in [-0.15, -0.1) is 0 Å². The normalized spacial score (nSPS) is 24.7. The Morgan fingerprint density at radius 3 is 2.60 bits per heavy atom. The van der Waals surface area contributed by atoms with Gasteiger partial charge in [-0.3, -0.25) is 10.1 Å². The number of rotatable bonds is 3. The lowest BCUT2D eigenvalue weighted by molar-refractivity contribution is -0.151. The van der Waals surface area contributed by atoms with Crippen LogP contribution in [0.1, 0.15) is 26.7 Å². The average molecular weight is 224 g/mol. The molecule has 3 nitrogen and oxygen atoms in total. The molecule has 1 amide bonds. The SMILES string of the molecule is CCC1NCN(C(C)CC(F)(F)F)C1=O. The number of nitrogens with one attached hydrogen (secondary N) is 1. The van der Waals surface area contributed by atoms with Crippen molar-refractivity contribution in [3.05, 3.63) is 0 Å². The van der Waals surface area contributed by atoms with Crippen molar-refractivity contribution in [3.63, 3.8) is 0 Å². The smallest absolute Gasteiger partial charge is 0.326 e. The van der Waals surface area contributed by atoms with Crippen molar-refractivity contribution in [1.82, 2.24) is 10.2 Å². The summed E-state index contributed by atoms with van der Waals surface area (Å²) in [6, 6.07) is -1.11. The fourth-order valence-electron chi connectivity index (χ4n) is 1.71. The van der Waals surface area contributed by atoms with Crippen LogP contribution >= 0.6 is 0 Å². The first-order valence-corrected chi connectivity index (χ1v) is 4.95. The molecule has 2 unspecified atom stereocenters. The molecule has 1 rings (SSSR count). The van der Waals surface area contributed by atoms with Gasteiger partial charge in [-0.25, -0.2) is 0 Å². The molecule has 15 heavy (non-hydrogen) atoms. The van der Waals surface area contributed by atoms with E-state index in [0.717, 1.165) is 0 Å². The molecule has 1 saturated heterocycles. The molecule has 0 saturated carbocycles. The van der Waals surface area contributed by atoms with Gasteiger partial charge in [0.15, 0.2) is 0 Å². The summed E-state index contributed by atoms with van der Waals surface area (Å²) in [5, 5.41) is 2.88. The molecule has 0 spiro atoms. The van der Waals surface area contributed by atoms with E-state index in [1.807, 2.05) is 6.92 Å². The van der Waals surface area contributed by atoms with Crippen LogP contribution in [0.4, 0.5) is 13.2 Å². The lowest BCUT2D eigenvalue weighted by Gasteiger charge is -2.24. The van der Waals surface area contributed by atoms with Gasteiger partial charge in [0.05, 0.1) is 19.1 Å². The van der Waals surface area contributed by atoms with Gasteiger partial charge in [0.2, 0.25) is 5.91 Å². The monoisotopic (exact) mass is 224 g/mol. The van der Waals surface area contributed by atoms with Crippen molar-refractivity contribution in [2.45, 2.75) is 44.9 Å². The van der Waals surface area contributed by atoms with Crippen LogP contribution in [0.5, 0.6) is 0 Å². The van der Waals surface area contributed by atoms with Crippen molar-refractivity contribution in [1.29, 1.82) is 0 Å². The fraction of sp³-hybridized carbons (Fsp3) is 0.889. The minimum absolute atomic E-state index is 0.217. The largest absolute Gasteiger partial charge is 0.391 e. The Balaban J connectivity index is 2.55. The maximum absolute atomic E-state index is 12.1. The number of carbonyl (C=O) groups excluding carboxylic acids is 1. The lowest BCUT2D eigenvalue weighted by Crippen LogP contribution is -2.39. The summed E-state index contributed by atoms with van der Waals surface area (Å²) in [5.74, 6) is -0.228. The molecule has 6 heteroatoms. The molecule has 0 aromatic carbocycles. The van der Waals surface area contributed by atoms with E-state index in [1.165, 1.54) is 11.8 Å². The number of hydrogen-bond donors (Lipinski definition) is 1. The Morgan fingerprint density at radius 2 is 2.20 bits per heavy atom. The number of hydrogen-bond acceptors (Lipinski definition) is 2. The maximum atomic E-state index is 12.1. The molecule has 88 valence electrons. The first kappa shape index (κ1) is 12.3. The predicted molar refractivity (Wildman–Crippen MR) is 49.1 cm³/mol. The summed E-state index contributed by atoms with van der Waals surface area (Å²) in [6.45, 7) is 3.47. The highest BCUT2D eigenvalue weighted by atomic mass is 19.4. The molecule has 1 N–H and O–H groups in total. The van der Waals surface area contributed by atoms with Crippen molar-refractivity contribution in [2.24, 2.45) is 0 Å². The Morgan fingerprint density at radius 1 is 1.60 bits per heavy atom. The van der Waals surface area contributed by atoms with Gasteiger partial charge in [-0.1, -0.05) is 6.92 Å². The molecular formula is C9H15F3N2O. The third-order valence-corrected chi connectivity index (χ3v) is 2.56. The van der Waals surface area contributed by atoms with E-state index in [2.05, 4.69) is 5.32 Å². The molecule has 1 aliphatic heterocycles. The minimum atomic E-state index is -4.22. The maximum Gasteiger partial charge on any atom is 0.391 e. The standard InChI is InChI=1S/C9H15F3N2O/c1-3-7-8(15)14(5-13-7)6(2)4-9(10,11)12/h6-7,13H,3-5H2,1-2H3. The van der Waals surface area contributed by atoms with Gasteiger partial charge >= 0.3 is 6.18 Å². The zero-order chi connectivity index (χ0) is 11.6. The number of halogens is 3. The third kappa shape index (κ3) is 3.09. The highest BCUT2D eigenvalue weighted by molar-refractivity contribution is 5.83. The van der Waals surface area contributed by atoms with Crippen LogP contribution < -0.4 is 5.32 Å². The Bertz CT molecular complexity index is 242. The molecule has 0 aromatic rings. The lowest BCUT2D eigenvalue weighted by atomic mass is 10.1. The second-order valence-electron chi connectivity index (χ2n) is 3.80. The molecule has 1 aliphatic rings. The molecule has 0 aromatic heterocycles. The molecular weight excluding hydrogens is 209 g/mol. The number of alkyl halides is 3. The summed E-state index contributed by atoms with van der Waals surface area (Å²) < 4.78 is 36.3. The fourth-order valence-corrected chi connectivity index (χ4v) is 1.71. The Labute approximate surface area is 86.6 Å². The van der Waals surface area contributed by atoms with Crippen molar-refractivity contribution >= 4 is 5.91 Å². The number of amides is 1.